The Morgan fingerprint density at radius 2 is 1.88 bits per heavy atom. The van der Waals surface area contributed by atoms with Gasteiger partial charge in [0.1, 0.15) is 0 Å². The van der Waals surface area contributed by atoms with E-state index in [0.29, 0.717) is 24.6 Å². The molecule has 1 saturated carbocycles. The highest BCUT2D eigenvalue weighted by Gasteiger charge is 2.39. The van der Waals surface area contributed by atoms with E-state index in [4.69, 9.17) is 4.74 Å². The average molecular weight is 344 g/mol. The minimum atomic E-state index is -0.299. The first-order valence-electron chi connectivity index (χ1n) is 9.38. The SMILES string of the molecule is CCN(CC)Cc1ccc(C(=O)OC[C@@H]2CC(=O)N(C3CC3)C2)cc1. The molecular formula is C20H28N2O3. The van der Waals surface area contributed by atoms with Crippen molar-refractivity contribution in [1.29, 1.82) is 0 Å². The first kappa shape index (κ1) is 17.9. The maximum atomic E-state index is 12.2. The third kappa shape index (κ3) is 4.60. The van der Waals surface area contributed by atoms with Gasteiger partial charge in [0.05, 0.1) is 12.2 Å². The van der Waals surface area contributed by atoms with Crippen LogP contribution in [0.1, 0.15) is 49.0 Å². The van der Waals surface area contributed by atoms with Crippen LogP contribution in [0.15, 0.2) is 24.3 Å². The van der Waals surface area contributed by atoms with E-state index in [1.54, 1.807) is 0 Å². The summed E-state index contributed by atoms with van der Waals surface area (Å²) in [5, 5.41) is 0. The van der Waals surface area contributed by atoms with E-state index in [2.05, 4.69) is 18.7 Å². The van der Waals surface area contributed by atoms with Crippen LogP contribution in [0.5, 0.6) is 0 Å². The summed E-state index contributed by atoms with van der Waals surface area (Å²) in [6, 6.07) is 8.09. The van der Waals surface area contributed by atoms with Crippen molar-refractivity contribution in [3.05, 3.63) is 35.4 Å². The Morgan fingerprint density at radius 3 is 2.48 bits per heavy atom. The molecule has 1 saturated heterocycles. The molecule has 1 atom stereocenters. The molecule has 5 heteroatoms. The van der Waals surface area contributed by atoms with E-state index in [1.807, 2.05) is 29.2 Å². The molecule has 3 rings (SSSR count). The van der Waals surface area contributed by atoms with Crippen LogP contribution in [-0.2, 0) is 16.1 Å². The van der Waals surface area contributed by atoms with E-state index in [0.717, 1.165) is 39.0 Å². The zero-order valence-electron chi connectivity index (χ0n) is 15.2. The largest absolute Gasteiger partial charge is 0.462 e. The van der Waals surface area contributed by atoms with Crippen LogP contribution in [0.3, 0.4) is 0 Å². The number of ether oxygens (including phenoxy) is 1. The van der Waals surface area contributed by atoms with Crippen LogP contribution in [-0.4, -0.2) is 54.0 Å². The number of carbonyl (C=O) groups excluding carboxylic acids is 2. The van der Waals surface area contributed by atoms with Crippen LogP contribution in [0, 0.1) is 5.92 Å². The van der Waals surface area contributed by atoms with Crippen molar-refractivity contribution in [2.24, 2.45) is 5.92 Å². The van der Waals surface area contributed by atoms with Crippen molar-refractivity contribution in [2.75, 3.05) is 26.2 Å². The maximum Gasteiger partial charge on any atom is 0.338 e. The number of nitrogens with zero attached hydrogens (tertiary/aromatic N) is 2. The lowest BCUT2D eigenvalue weighted by Crippen LogP contribution is -2.27. The summed E-state index contributed by atoms with van der Waals surface area (Å²) >= 11 is 0. The molecular weight excluding hydrogens is 316 g/mol. The Labute approximate surface area is 149 Å². The fourth-order valence-electron chi connectivity index (χ4n) is 3.39. The highest BCUT2D eigenvalue weighted by atomic mass is 16.5. The lowest BCUT2D eigenvalue weighted by atomic mass is 10.1. The topological polar surface area (TPSA) is 49.9 Å². The van der Waals surface area contributed by atoms with Gasteiger partial charge in [-0.25, -0.2) is 4.79 Å². The molecule has 1 aliphatic heterocycles. The predicted molar refractivity (Wildman–Crippen MR) is 96.2 cm³/mol. The molecule has 1 aromatic rings. The van der Waals surface area contributed by atoms with E-state index >= 15 is 0 Å². The molecule has 0 N–H and O–H groups in total. The summed E-state index contributed by atoms with van der Waals surface area (Å²) in [6.45, 7) is 8.27. The minimum absolute atomic E-state index is 0.138. The Balaban J connectivity index is 1.47. The fourth-order valence-corrected chi connectivity index (χ4v) is 3.39. The van der Waals surface area contributed by atoms with Crippen LogP contribution >= 0.6 is 0 Å². The van der Waals surface area contributed by atoms with Crippen molar-refractivity contribution >= 4 is 11.9 Å². The quantitative estimate of drug-likeness (QED) is 0.681. The second kappa shape index (κ2) is 8.00. The molecule has 25 heavy (non-hydrogen) atoms. The minimum Gasteiger partial charge on any atom is -0.462 e. The number of amides is 1. The molecule has 5 nitrogen and oxygen atoms in total. The molecule has 1 amide bonds. The average Bonchev–Trinajstić information content (AvgIpc) is 3.41. The highest BCUT2D eigenvalue weighted by molar-refractivity contribution is 5.89. The monoisotopic (exact) mass is 344 g/mol. The molecule has 136 valence electrons. The second-order valence-corrected chi connectivity index (χ2v) is 7.10. The van der Waals surface area contributed by atoms with Crippen molar-refractivity contribution in [2.45, 2.75) is 45.7 Å². The van der Waals surface area contributed by atoms with Crippen LogP contribution in [0.4, 0.5) is 0 Å². The van der Waals surface area contributed by atoms with Gasteiger partial charge in [0.15, 0.2) is 0 Å². The van der Waals surface area contributed by atoms with Gasteiger partial charge in [-0.3, -0.25) is 9.69 Å². The third-order valence-corrected chi connectivity index (χ3v) is 5.17. The van der Waals surface area contributed by atoms with E-state index in [-0.39, 0.29) is 17.8 Å². The van der Waals surface area contributed by atoms with Gasteiger partial charge in [0.25, 0.3) is 0 Å². The third-order valence-electron chi connectivity index (χ3n) is 5.17. The highest BCUT2D eigenvalue weighted by Crippen LogP contribution is 2.32. The second-order valence-electron chi connectivity index (χ2n) is 7.10. The van der Waals surface area contributed by atoms with Gasteiger partial charge < -0.3 is 9.64 Å². The standard InChI is InChI=1S/C20H28N2O3/c1-3-21(4-2)12-15-5-7-17(8-6-15)20(24)25-14-16-11-19(23)22(13-16)18-9-10-18/h5-8,16,18H,3-4,9-14H2,1-2H3/t16-/m1/s1. The number of hydrogen-bond donors (Lipinski definition) is 0. The summed E-state index contributed by atoms with van der Waals surface area (Å²) in [5.41, 5.74) is 1.77. The van der Waals surface area contributed by atoms with Gasteiger partial charge in [-0.05, 0) is 43.6 Å². The molecule has 1 heterocycles. The number of rotatable bonds is 8. The first-order valence-corrected chi connectivity index (χ1v) is 9.38. The molecule has 0 bridgehead atoms. The number of likely N-dealkylation sites (tertiary alicyclic amines) is 1. The van der Waals surface area contributed by atoms with Crippen LogP contribution < -0.4 is 0 Å². The van der Waals surface area contributed by atoms with E-state index < -0.39 is 0 Å². The number of esters is 1. The molecule has 1 aromatic carbocycles. The summed E-state index contributed by atoms with van der Waals surface area (Å²) < 4.78 is 5.44. The molecule has 1 aliphatic carbocycles. The maximum absolute atomic E-state index is 12.2. The fraction of sp³-hybridized carbons (Fsp3) is 0.600. The van der Waals surface area contributed by atoms with Gasteiger partial charge >= 0.3 is 5.97 Å². The molecule has 2 fully saturated rings. The predicted octanol–water partition coefficient (Wildman–Crippen LogP) is 2.70. The smallest absolute Gasteiger partial charge is 0.338 e. The summed E-state index contributed by atoms with van der Waals surface area (Å²) in [7, 11) is 0. The van der Waals surface area contributed by atoms with Crippen molar-refractivity contribution in [3.63, 3.8) is 0 Å². The summed E-state index contributed by atoms with van der Waals surface area (Å²) in [4.78, 5) is 28.5. The van der Waals surface area contributed by atoms with E-state index in [1.165, 1.54) is 5.56 Å². The summed E-state index contributed by atoms with van der Waals surface area (Å²) in [6.07, 6.45) is 2.75. The van der Waals surface area contributed by atoms with E-state index in [9.17, 15) is 9.59 Å². The molecule has 0 unspecified atom stereocenters. The number of benzene rings is 1. The lowest BCUT2D eigenvalue weighted by molar-refractivity contribution is -0.128. The van der Waals surface area contributed by atoms with Crippen LogP contribution in [0.2, 0.25) is 0 Å². The van der Waals surface area contributed by atoms with Crippen LogP contribution in [0.25, 0.3) is 0 Å². The van der Waals surface area contributed by atoms with Gasteiger partial charge in [-0.1, -0.05) is 26.0 Å². The number of carbonyl (C=O) groups is 2. The zero-order chi connectivity index (χ0) is 17.8. The van der Waals surface area contributed by atoms with Crippen molar-refractivity contribution in [3.8, 4) is 0 Å². The summed E-state index contributed by atoms with van der Waals surface area (Å²) in [5.74, 6) is 0.0509. The van der Waals surface area contributed by atoms with Gasteiger partial charge in [0.2, 0.25) is 5.91 Å². The Kier molecular flexibility index (Phi) is 5.74. The van der Waals surface area contributed by atoms with Gasteiger partial charge in [0, 0.05) is 31.5 Å². The Morgan fingerprint density at radius 1 is 1.20 bits per heavy atom. The molecule has 2 aliphatic rings. The lowest BCUT2D eigenvalue weighted by Gasteiger charge is -2.18. The van der Waals surface area contributed by atoms with Gasteiger partial charge in [-0.15, -0.1) is 0 Å². The van der Waals surface area contributed by atoms with Crippen molar-refractivity contribution < 1.29 is 14.3 Å². The molecule has 0 radical (unpaired) electrons. The Hall–Kier alpha value is -1.88. The van der Waals surface area contributed by atoms with Crippen molar-refractivity contribution in [1.82, 2.24) is 9.80 Å². The number of hydrogen-bond acceptors (Lipinski definition) is 4. The Bertz CT molecular complexity index is 606. The molecule has 0 aromatic heterocycles. The normalized spacial score (nSPS) is 20.4. The molecule has 0 spiro atoms. The zero-order valence-corrected chi connectivity index (χ0v) is 15.2. The van der Waals surface area contributed by atoms with Gasteiger partial charge in [-0.2, -0.15) is 0 Å². The first-order chi connectivity index (χ1) is 12.1.